The van der Waals surface area contributed by atoms with Crippen molar-refractivity contribution in [1.82, 2.24) is 10.2 Å². The van der Waals surface area contributed by atoms with Crippen LogP contribution in [0.5, 0.6) is 0 Å². The number of esters is 1. The Morgan fingerprint density at radius 3 is 2.86 bits per heavy atom. The van der Waals surface area contributed by atoms with E-state index in [0.717, 1.165) is 45.3 Å². The highest BCUT2D eigenvalue weighted by Crippen LogP contribution is 2.18. The van der Waals surface area contributed by atoms with Crippen LogP contribution in [0.25, 0.3) is 0 Å². The number of hydrogen-bond donors (Lipinski definition) is 1. The molecule has 0 aromatic heterocycles. The molecule has 0 aromatic carbocycles. The van der Waals surface area contributed by atoms with Gasteiger partial charge in [-0.25, -0.2) is 0 Å². The molecule has 2 aliphatic heterocycles. The lowest BCUT2D eigenvalue weighted by Crippen LogP contribution is -2.50. The van der Waals surface area contributed by atoms with Crippen LogP contribution in [0.3, 0.4) is 0 Å². The van der Waals surface area contributed by atoms with Gasteiger partial charge >= 0.3 is 5.97 Å². The van der Waals surface area contributed by atoms with Crippen molar-refractivity contribution in [3.8, 4) is 0 Å². The quantitative estimate of drug-likeness (QED) is 0.731. The van der Waals surface area contributed by atoms with Gasteiger partial charge in [0.2, 0.25) is 5.91 Å². The number of carbonyl (C=O) groups excluding carboxylic acids is 2. The number of nitrogens with one attached hydrogen (secondary N) is 1. The standard InChI is InChI=1S/C15H26N2O4/c1-2-20-15(19)13-7-3-4-8-17(13)11-14(18)16-10-12-6-5-9-21-12/h12-13H,2-11H2,1H3,(H,16,18). The third-order valence-corrected chi connectivity index (χ3v) is 4.07. The minimum Gasteiger partial charge on any atom is -0.465 e. The van der Waals surface area contributed by atoms with Crippen LogP contribution in [0, 0.1) is 0 Å². The second-order valence-corrected chi connectivity index (χ2v) is 5.67. The summed E-state index contributed by atoms with van der Waals surface area (Å²) in [6.07, 6.45) is 5.04. The average Bonchev–Trinajstić information content (AvgIpc) is 2.99. The Bertz CT molecular complexity index is 356. The summed E-state index contributed by atoms with van der Waals surface area (Å²) >= 11 is 0. The summed E-state index contributed by atoms with van der Waals surface area (Å²) in [5, 5.41) is 2.91. The van der Waals surface area contributed by atoms with E-state index in [1.165, 1.54) is 0 Å². The molecule has 0 bridgehead atoms. The Hall–Kier alpha value is -1.14. The molecule has 2 atom stereocenters. The first-order valence-electron chi connectivity index (χ1n) is 7.99. The van der Waals surface area contributed by atoms with E-state index >= 15 is 0 Å². The Kier molecular flexibility index (Phi) is 6.45. The molecule has 0 spiro atoms. The first kappa shape index (κ1) is 16.2. The lowest BCUT2D eigenvalue weighted by Gasteiger charge is -2.33. The first-order valence-corrected chi connectivity index (χ1v) is 7.99. The largest absolute Gasteiger partial charge is 0.465 e. The van der Waals surface area contributed by atoms with Gasteiger partial charge in [-0.3, -0.25) is 14.5 Å². The number of likely N-dealkylation sites (tertiary alicyclic amines) is 1. The molecule has 1 amide bonds. The summed E-state index contributed by atoms with van der Waals surface area (Å²) in [4.78, 5) is 25.9. The summed E-state index contributed by atoms with van der Waals surface area (Å²) in [5.74, 6) is -0.245. The van der Waals surface area contributed by atoms with Crippen molar-refractivity contribution in [2.45, 2.75) is 51.2 Å². The van der Waals surface area contributed by atoms with Gasteiger partial charge in [0.1, 0.15) is 6.04 Å². The number of nitrogens with zero attached hydrogens (tertiary/aromatic N) is 1. The van der Waals surface area contributed by atoms with E-state index in [-0.39, 0.29) is 30.6 Å². The van der Waals surface area contributed by atoms with E-state index in [0.29, 0.717) is 13.2 Å². The smallest absolute Gasteiger partial charge is 0.323 e. The molecule has 2 rings (SSSR count). The van der Waals surface area contributed by atoms with Gasteiger partial charge in [-0.05, 0) is 39.2 Å². The van der Waals surface area contributed by atoms with Gasteiger partial charge in [-0.15, -0.1) is 0 Å². The molecule has 6 nitrogen and oxygen atoms in total. The summed E-state index contributed by atoms with van der Waals surface area (Å²) < 4.78 is 10.6. The van der Waals surface area contributed by atoms with E-state index in [9.17, 15) is 9.59 Å². The predicted octanol–water partition coefficient (Wildman–Crippen LogP) is 0.699. The van der Waals surface area contributed by atoms with Gasteiger partial charge in [0.05, 0.1) is 19.3 Å². The van der Waals surface area contributed by atoms with Crippen molar-refractivity contribution in [3.05, 3.63) is 0 Å². The molecule has 6 heteroatoms. The summed E-state index contributed by atoms with van der Waals surface area (Å²) in [5.41, 5.74) is 0. The van der Waals surface area contributed by atoms with Crippen LogP contribution in [0.4, 0.5) is 0 Å². The summed E-state index contributed by atoms with van der Waals surface area (Å²) in [6, 6.07) is -0.271. The number of carbonyl (C=O) groups is 2. The van der Waals surface area contributed by atoms with Gasteiger partial charge < -0.3 is 14.8 Å². The van der Waals surface area contributed by atoms with Crippen molar-refractivity contribution < 1.29 is 19.1 Å². The first-order chi connectivity index (χ1) is 10.2. The van der Waals surface area contributed by atoms with Crippen molar-refractivity contribution in [3.63, 3.8) is 0 Å². The van der Waals surface area contributed by atoms with E-state index < -0.39 is 0 Å². The SMILES string of the molecule is CCOC(=O)C1CCCCN1CC(=O)NCC1CCCO1. The van der Waals surface area contributed by atoms with Crippen molar-refractivity contribution in [2.24, 2.45) is 0 Å². The topological polar surface area (TPSA) is 67.9 Å². The third-order valence-electron chi connectivity index (χ3n) is 4.07. The van der Waals surface area contributed by atoms with Gasteiger partial charge in [0.25, 0.3) is 0 Å². The van der Waals surface area contributed by atoms with Crippen LogP contribution in [-0.2, 0) is 19.1 Å². The highest BCUT2D eigenvalue weighted by molar-refractivity contribution is 5.80. The maximum absolute atomic E-state index is 12.0. The average molecular weight is 298 g/mol. The zero-order chi connectivity index (χ0) is 15.1. The Labute approximate surface area is 126 Å². The molecular formula is C15H26N2O4. The summed E-state index contributed by atoms with van der Waals surface area (Å²) in [6.45, 7) is 4.58. The second kappa shape index (κ2) is 8.34. The molecule has 2 fully saturated rings. The Morgan fingerprint density at radius 2 is 2.14 bits per heavy atom. The highest BCUT2D eigenvalue weighted by atomic mass is 16.5. The Morgan fingerprint density at radius 1 is 1.29 bits per heavy atom. The van der Waals surface area contributed by atoms with Crippen LogP contribution in [0.15, 0.2) is 0 Å². The van der Waals surface area contributed by atoms with E-state index in [1.54, 1.807) is 6.92 Å². The van der Waals surface area contributed by atoms with Crippen LogP contribution in [0.2, 0.25) is 0 Å². The van der Waals surface area contributed by atoms with Gasteiger partial charge in [-0.2, -0.15) is 0 Å². The number of piperidine rings is 1. The molecule has 2 unspecified atom stereocenters. The van der Waals surface area contributed by atoms with Crippen LogP contribution in [0.1, 0.15) is 39.0 Å². The van der Waals surface area contributed by atoms with E-state index in [4.69, 9.17) is 9.47 Å². The van der Waals surface area contributed by atoms with Crippen LogP contribution in [-0.4, -0.2) is 61.8 Å². The normalized spacial score (nSPS) is 26.5. The molecule has 2 aliphatic rings. The fourth-order valence-electron chi connectivity index (χ4n) is 2.96. The van der Waals surface area contributed by atoms with Gasteiger partial charge in [-0.1, -0.05) is 6.42 Å². The number of rotatable bonds is 6. The molecule has 2 heterocycles. The van der Waals surface area contributed by atoms with Gasteiger partial charge in [0, 0.05) is 13.2 Å². The minimum atomic E-state index is -0.271. The van der Waals surface area contributed by atoms with Crippen LogP contribution < -0.4 is 5.32 Å². The van der Waals surface area contributed by atoms with Gasteiger partial charge in [0.15, 0.2) is 0 Å². The molecule has 0 saturated carbocycles. The molecule has 21 heavy (non-hydrogen) atoms. The Balaban J connectivity index is 1.77. The second-order valence-electron chi connectivity index (χ2n) is 5.67. The van der Waals surface area contributed by atoms with Crippen molar-refractivity contribution >= 4 is 11.9 Å². The fraction of sp³-hybridized carbons (Fsp3) is 0.867. The van der Waals surface area contributed by atoms with E-state index in [2.05, 4.69) is 5.32 Å². The molecule has 0 aromatic rings. The number of hydrogen-bond acceptors (Lipinski definition) is 5. The monoisotopic (exact) mass is 298 g/mol. The summed E-state index contributed by atoms with van der Waals surface area (Å²) in [7, 11) is 0. The van der Waals surface area contributed by atoms with E-state index in [1.807, 2.05) is 4.90 Å². The van der Waals surface area contributed by atoms with Crippen molar-refractivity contribution in [1.29, 1.82) is 0 Å². The van der Waals surface area contributed by atoms with Crippen LogP contribution >= 0.6 is 0 Å². The molecule has 1 N–H and O–H groups in total. The molecular weight excluding hydrogens is 272 g/mol. The maximum atomic E-state index is 12.0. The minimum absolute atomic E-state index is 0.0401. The maximum Gasteiger partial charge on any atom is 0.323 e. The zero-order valence-corrected chi connectivity index (χ0v) is 12.8. The molecule has 2 saturated heterocycles. The molecule has 120 valence electrons. The predicted molar refractivity (Wildman–Crippen MR) is 77.8 cm³/mol. The lowest BCUT2D eigenvalue weighted by atomic mass is 10.0. The molecule has 0 aliphatic carbocycles. The molecule has 0 radical (unpaired) electrons. The number of ether oxygens (including phenoxy) is 2. The van der Waals surface area contributed by atoms with Crippen molar-refractivity contribution in [2.75, 3.05) is 32.8 Å². The third kappa shape index (κ3) is 4.97. The highest BCUT2D eigenvalue weighted by Gasteiger charge is 2.31. The zero-order valence-electron chi connectivity index (χ0n) is 12.8. The fourth-order valence-corrected chi connectivity index (χ4v) is 2.96. The number of amides is 1. The lowest BCUT2D eigenvalue weighted by molar-refractivity contribution is -0.151.